The molecular formula is C10H15N3O3S. The van der Waals surface area contributed by atoms with Gasteiger partial charge in [0.2, 0.25) is 0 Å². The molecule has 2 heterocycles. The van der Waals surface area contributed by atoms with Gasteiger partial charge in [-0.15, -0.1) is 5.10 Å². The van der Waals surface area contributed by atoms with Crippen LogP contribution in [0.4, 0.5) is 0 Å². The number of aromatic nitrogens is 2. The quantitative estimate of drug-likeness (QED) is 0.771. The van der Waals surface area contributed by atoms with Crippen LogP contribution in [0.1, 0.15) is 12.0 Å². The second-order valence-electron chi connectivity index (χ2n) is 4.24. The van der Waals surface area contributed by atoms with Crippen LogP contribution in [-0.4, -0.2) is 37.5 Å². The molecule has 1 aliphatic rings. The number of nitrogens with one attached hydrogen (secondary N) is 1. The summed E-state index contributed by atoms with van der Waals surface area (Å²) in [6, 6.07) is 1.55. The van der Waals surface area contributed by atoms with Gasteiger partial charge in [-0.05, 0) is 37.9 Å². The van der Waals surface area contributed by atoms with Gasteiger partial charge in [0.25, 0.3) is 5.88 Å². The summed E-state index contributed by atoms with van der Waals surface area (Å²) in [6.07, 6.45) is 2.41. The van der Waals surface area contributed by atoms with Crippen molar-refractivity contribution >= 4 is 10.1 Å². The first-order valence-electron chi connectivity index (χ1n) is 5.47. The van der Waals surface area contributed by atoms with Crippen LogP contribution in [0, 0.1) is 12.8 Å². The summed E-state index contributed by atoms with van der Waals surface area (Å²) < 4.78 is 28.4. The number of rotatable bonds is 4. The first kappa shape index (κ1) is 12.3. The molecule has 6 nitrogen and oxygen atoms in total. The zero-order valence-corrected chi connectivity index (χ0v) is 10.4. The van der Waals surface area contributed by atoms with Crippen LogP contribution >= 0.6 is 0 Å². The van der Waals surface area contributed by atoms with E-state index < -0.39 is 10.1 Å². The summed E-state index contributed by atoms with van der Waals surface area (Å²) in [7, 11) is -3.58. The molecular weight excluding hydrogens is 242 g/mol. The van der Waals surface area contributed by atoms with E-state index in [-0.39, 0.29) is 17.6 Å². The van der Waals surface area contributed by atoms with Crippen molar-refractivity contribution in [1.82, 2.24) is 15.5 Å². The van der Waals surface area contributed by atoms with Crippen molar-refractivity contribution in [2.45, 2.75) is 13.3 Å². The van der Waals surface area contributed by atoms with Crippen LogP contribution in [0.5, 0.6) is 5.88 Å². The topological polar surface area (TPSA) is 81.2 Å². The smallest absolute Gasteiger partial charge is 0.311 e. The predicted octanol–water partition coefficient (Wildman–Crippen LogP) is 0.103. The lowest BCUT2D eigenvalue weighted by molar-refractivity contribution is 0.459. The molecule has 1 fully saturated rings. The summed E-state index contributed by atoms with van der Waals surface area (Å²) >= 11 is 0. The maximum Gasteiger partial charge on any atom is 0.311 e. The Morgan fingerprint density at radius 1 is 1.59 bits per heavy atom. The number of hydrogen-bond acceptors (Lipinski definition) is 6. The van der Waals surface area contributed by atoms with Crippen molar-refractivity contribution < 1.29 is 12.6 Å². The van der Waals surface area contributed by atoms with E-state index in [1.54, 1.807) is 19.2 Å². The number of aryl methyl sites for hydroxylation is 1. The van der Waals surface area contributed by atoms with Crippen molar-refractivity contribution in [2.24, 2.45) is 5.92 Å². The van der Waals surface area contributed by atoms with Gasteiger partial charge >= 0.3 is 10.1 Å². The van der Waals surface area contributed by atoms with Gasteiger partial charge in [0.15, 0.2) is 0 Å². The molecule has 1 aliphatic heterocycles. The van der Waals surface area contributed by atoms with Gasteiger partial charge in [0, 0.05) is 6.07 Å². The van der Waals surface area contributed by atoms with Gasteiger partial charge in [-0.3, -0.25) is 0 Å². The lowest BCUT2D eigenvalue weighted by Crippen LogP contribution is -2.23. The van der Waals surface area contributed by atoms with E-state index in [4.69, 9.17) is 4.18 Å². The lowest BCUT2D eigenvalue weighted by Gasteiger charge is -2.09. The monoisotopic (exact) mass is 257 g/mol. The van der Waals surface area contributed by atoms with E-state index >= 15 is 0 Å². The Morgan fingerprint density at radius 3 is 3.06 bits per heavy atom. The Labute approximate surface area is 101 Å². The highest BCUT2D eigenvalue weighted by molar-refractivity contribution is 7.87. The molecule has 0 bridgehead atoms. The molecule has 1 atom stereocenters. The highest BCUT2D eigenvalue weighted by Crippen LogP contribution is 2.15. The second-order valence-corrected chi connectivity index (χ2v) is 5.85. The Morgan fingerprint density at radius 2 is 2.41 bits per heavy atom. The maximum absolute atomic E-state index is 11.7. The van der Waals surface area contributed by atoms with E-state index in [0.717, 1.165) is 25.1 Å². The molecule has 0 saturated carbocycles. The van der Waals surface area contributed by atoms with Crippen LogP contribution in [0.15, 0.2) is 12.3 Å². The molecule has 2 rings (SSSR count). The molecule has 0 spiro atoms. The predicted molar refractivity (Wildman–Crippen MR) is 62.2 cm³/mol. The summed E-state index contributed by atoms with van der Waals surface area (Å²) in [5.41, 5.74) is 0.813. The molecule has 94 valence electrons. The van der Waals surface area contributed by atoms with Gasteiger partial charge in [0.1, 0.15) is 0 Å². The first-order chi connectivity index (χ1) is 8.05. The molecule has 0 aliphatic carbocycles. The number of nitrogens with zero attached hydrogens (tertiary/aromatic N) is 2. The van der Waals surface area contributed by atoms with Crippen molar-refractivity contribution in [3.63, 3.8) is 0 Å². The molecule has 0 aromatic carbocycles. The molecule has 1 aromatic rings. The molecule has 0 amide bonds. The fourth-order valence-electron chi connectivity index (χ4n) is 1.79. The fourth-order valence-corrected chi connectivity index (χ4v) is 3.06. The maximum atomic E-state index is 11.7. The van der Waals surface area contributed by atoms with Gasteiger partial charge < -0.3 is 9.50 Å². The standard InChI is InChI=1S/C10H15N3O3S/c1-8-4-10(13-12-5-8)16-17(14,15)7-9-2-3-11-6-9/h4-5,9,11H,2-3,6-7H2,1H3/t9-/m1/s1. The highest BCUT2D eigenvalue weighted by atomic mass is 32.2. The zero-order valence-electron chi connectivity index (χ0n) is 9.59. The van der Waals surface area contributed by atoms with Crippen molar-refractivity contribution in [2.75, 3.05) is 18.8 Å². The third-order valence-corrected chi connectivity index (χ3v) is 3.89. The molecule has 7 heteroatoms. The number of hydrogen-bond donors (Lipinski definition) is 1. The van der Waals surface area contributed by atoms with Crippen LogP contribution in [0.25, 0.3) is 0 Å². The minimum Gasteiger partial charge on any atom is -0.360 e. The van der Waals surface area contributed by atoms with Gasteiger partial charge in [0.05, 0.1) is 11.9 Å². The average Bonchev–Trinajstić information content (AvgIpc) is 2.68. The third kappa shape index (κ3) is 3.64. The molecule has 17 heavy (non-hydrogen) atoms. The van der Waals surface area contributed by atoms with Crippen molar-refractivity contribution in [3.8, 4) is 5.88 Å². The Balaban J connectivity index is 2.01. The molecule has 1 aromatic heterocycles. The molecule has 0 radical (unpaired) electrons. The van der Waals surface area contributed by atoms with Crippen molar-refractivity contribution in [3.05, 3.63) is 17.8 Å². The summed E-state index contributed by atoms with van der Waals surface area (Å²) in [4.78, 5) is 0. The van der Waals surface area contributed by atoms with Crippen LogP contribution in [-0.2, 0) is 10.1 Å². The minimum atomic E-state index is -3.58. The van der Waals surface area contributed by atoms with Crippen LogP contribution in [0.3, 0.4) is 0 Å². The van der Waals surface area contributed by atoms with E-state index in [9.17, 15) is 8.42 Å². The lowest BCUT2D eigenvalue weighted by atomic mass is 10.2. The summed E-state index contributed by atoms with van der Waals surface area (Å²) in [5, 5.41) is 10.4. The molecule has 0 unspecified atom stereocenters. The average molecular weight is 257 g/mol. The van der Waals surface area contributed by atoms with Crippen molar-refractivity contribution in [1.29, 1.82) is 0 Å². The summed E-state index contributed by atoms with van der Waals surface area (Å²) in [6.45, 7) is 3.39. The zero-order chi connectivity index (χ0) is 12.3. The van der Waals surface area contributed by atoms with Crippen LogP contribution < -0.4 is 9.50 Å². The van der Waals surface area contributed by atoms with Crippen LogP contribution in [0.2, 0.25) is 0 Å². The van der Waals surface area contributed by atoms with E-state index in [0.29, 0.717) is 0 Å². The highest BCUT2D eigenvalue weighted by Gasteiger charge is 2.24. The SMILES string of the molecule is Cc1cnnc(OS(=O)(=O)C[C@@H]2CCNC2)c1. The van der Waals surface area contributed by atoms with Gasteiger partial charge in [-0.1, -0.05) is 0 Å². The second kappa shape index (κ2) is 4.97. The minimum absolute atomic E-state index is 0.0234. The Bertz CT molecular complexity index is 483. The van der Waals surface area contributed by atoms with E-state index in [1.807, 2.05) is 0 Å². The summed E-state index contributed by atoms with van der Waals surface area (Å²) in [5.74, 6) is 0.184. The van der Waals surface area contributed by atoms with E-state index in [1.165, 1.54) is 0 Å². The largest absolute Gasteiger partial charge is 0.360 e. The molecule has 1 N–H and O–H groups in total. The van der Waals surface area contributed by atoms with Gasteiger partial charge in [-0.25, -0.2) is 0 Å². The first-order valence-corrected chi connectivity index (χ1v) is 7.05. The normalized spacial score (nSPS) is 20.4. The Kier molecular flexibility index (Phi) is 3.58. The van der Waals surface area contributed by atoms with Gasteiger partial charge in [-0.2, -0.15) is 13.5 Å². The molecule has 1 saturated heterocycles. The van der Waals surface area contributed by atoms with E-state index in [2.05, 4.69) is 15.5 Å². The Hall–Kier alpha value is -1.21. The fraction of sp³-hybridized carbons (Fsp3) is 0.600. The third-order valence-electron chi connectivity index (χ3n) is 2.58.